The average molecular weight is 418 g/mol. The summed E-state index contributed by atoms with van der Waals surface area (Å²) in [7, 11) is 2.13. The molecule has 2 aromatic heterocycles. The quantitative estimate of drug-likeness (QED) is 0.646. The Labute approximate surface area is 182 Å². The van der Waals surface area contributed by atoms with Gasteiger partial charge in [-0.25, -0.2) is 0 Å². The predicted molar refractivity (Wildman–Crippen MR) is 116 cm³/mol. The maximum Gasteiger partial charge on any atom is 0.272 e. The van der Waals surface area contributed by atoms with Crippen LogP contribution < -0.4 is 0 Å². The van der Waals surface area contributed by atoms with E-state index in [1.54, 1.807) is 6.20 Å². The van der Waals surface area contributed by atoms with Gasteiger partial charge in [0.1, 0.15) is 5.69 Å². The standard InChI is InChI=1S/C24H27N5O2/c1-17-7-6-12-25-20(17)23(30)29-13-10-24(11-14-29)15-19(28(2)16-24)21-26-22(31-27-21)18-8-4-3-5-9-18/h3-9,12,19H,10-11,13-16H2,1-2H3. The highest BCUT2D eigenvalue weighted by atomic mass is 16.5. The van der Waals surface area contributed by atoms with Crippen molar-refractivity contribution in [1.82, 2.24) is 24.9 Å². The first kappa shape index (κ1) is 19.9. The maximum atomic E-state index is 12.9. The van der Waals surface area contributed by atoms with Gasteiger partial charge in [0.2, 0.25) is 0 Å². The lowest BCUT2D eigenvalue weighted by Gasteiger charge is -2.39. The van der Waals surface area contributed by atoms with Crippen molar-refractivity contribution >= 4 is 5.91 Å². The molecular weight excluding hydrogens is 390 g/mol. The second-order valence-electron chi connectivity index (χ2n) is 8.92. The Hall–Kier alpha value is -3.06. The van der Waals surface area contributed by atoms with Gasteiger partial charge in [0, 0.05) is 31.4 Å². The van der Waals surface area contributed by atoms with Gasteiger partial charge in [0.05, 0.1) is 6.04 Å². The Morgan fingerprint density at radius 3 is 2.65 bits per heavy atom. The third-order valence-electron chi connectivity index (χ3n) is 6.83. The Bertz CT molecular complexity index is 1070. The number of carbonyl (C=O) groups excluding carboxylic acids is 1. The Kier molecular flexibility index (Phi) is 5.06. The third kappa shape index (κ3) is 3.74. The molecule has 3 aromatic rings. The van der Waals surface area contributed by atoms with Crippen LogP contribution in [-0.2, 0) is 0 Å². The van der Waals surface area contributed by atoms with Crippen molar-refractivity contribution in [3.8, 4) is 11.5 Å². The average Bonchev–Trinajstić information content (AvgIpc) is 3.40. The molecular formula is C24H27N5O2. The SMILES string of the molecule is Cc1cccnc1C(=O)N1CCC2(CC1)CC(c1noc(-c3ccccc3)n1)N(C)C2. The zero-order chi connectivity index (χ0) is 21.4. The summed E-state index contributed by atoms with van der Waals surface area (Å²) in [5.41, 5.74) is 2.62. The summed E-state index contributed by atoms with van der Waals surface area (Å²) in [6, 6.07) is 13.8. The number of amides is 1. The lowest BCUT2D eigenvalue weighted by Crippen LogP contribution is -2.44. The highest BCUT2D eigenvalue weighted by Gasteiger charge is 2.46. The Morgan fingerprint density at radius 2 is 1.90 bits per heavy atom. The van der Waals surface area contributed by atoms with E-state index in [2.05, 4.69) is 22.1 Å². The summed E-state index contributed by atoms with van der Waals surface area (Å²) < 4.78 is 5.55. The number of hydrogen-bond donors (Lipinski definition) is 0. The summed E-state index contributed by atoms with van der Waals surface area (Å²) in [6.07, 6.45) is 4.64. The van der Waals surface area contributed by atoms with E-state index in [1.807, 2.05) is 54.3 Å². The van der Waals surface area contributed by atoms with Crippen LogP contribution in [-0.4, -0.2) is 57.5 Å². The zero-order valence-corrected chi connectivity index (χ0v) is 18.0. The number of benzene rings is 1. The van der Waals surface area contributed by atoms with Crippen LogP contribution in [0.5, 0.6) is 0 Å². The fourth-order valence-electron chi connectivity index (χ4n) is 5.03. The summed E-state index contributed by atoms with van der Waals surface area (Å²) in [5, 5.41) is 4.29. The molecule has 1 spiro atoms. The van der Waals surface area contributed by atoms with Crippen molar-refractivity contribution in [3.63, 3.8) is 0 Å². The van der Waals surface area contributed by atoms with Crippen molar-refractivity contribution in [1.29, 1.82) is 0 Å². The molecule has 2 aliphatic rings. The minimum Gasteiger partial charge on any atom is -0.337 e. The molecule has 7 heteroatoms. The summed E-state index contributed by atoms with van der Waals surface area (Å²) in [6.45, 7) is 4.45. The topological polar surface area (TPSA) is 75.4 Å². The van der Waals surface area contributed by atoms with Crippen molar-refractivity contribution < 1.29 is 9.32 Å². The molecule has 160 valence electrons. The van der Waals surface area contributed by atoms with Crippen molar-refractivity contribution in [2.75, 3.05) is 26.7 Å². The van der Waals surface area contributed by atoms with Gasteiger partial charge >= 0.3 is 0 Å². The van der Waals surface area contributed by atoms with Crippen LogP contribution in [0.3, 0.4) is 0 Å². The van der Waals surface area contributed by atoms with Gasteiger partial charge in [-0.3, -0.25) is 14.7 Å². The molecule has 0 N–H and O–H groups in total. The van der Waals surface area contributed by atoms with E-state index in [9.17, 15) is 4.79 Å². The molecule has 2 aliphatic heterocycles. The van der Waals surface area contributed by atoms with Gasteiger partial charge in [0.15, 0.2) is 5.82 Å². The van der Waals surface area contributed by atoms with E-state index in [0.29, 0.717) is 11.6 Å². The van der Waals surface area contributed by atoms with Crippen molar-refractivity contribution in [2.45, 2.75) is 32.2 Å². The normalized spacial score (nSPS) is 21.0. The Balaban J connectivity index is 1.27. The lowest BCUT2D eigenvalue weighted by molar-refractivity contribution is 0.0587. The third-order valence-corrected chi connectivity index (χ3v) is 6.83. The molecule has 2 fully saturated rings. The fraction of sp³-hybridized carbons (Fsp3) is 0.417. The number of carbonyl (C=O) groups is 1. The maximum absolute atomic E-state index is 12.9. The summed E-state index contributed by atoms with van der Waals surface area (Å²) >= 11 is 0. The Morgan fingerprint density at radius 1 is 1.13 bits per heavy atom. The molecule has 0 saturated carbocycles. The van der Waals surface area contributed by atoms with E-state index in [0.717, 1.165) is 55.8 Å². The molecule has 2 saturated heterocycles. The fourth-order valence-corrected chi connectivity index (χ4v) is 5.03. The first-order chi connectivity index (χ1) is 15.0. The van der Waals surface area contributed by atoms with Crippen molar-refractivity contribution in [3.05, 3.63) is 65.7 Å². The van der Waals surface area contributed by atoms with Crippen LogP contribution in [0, 0.1) is 12.3 Å². The number of pyridine rings is 1. The lowest BCUT2D eigenvalue weighted by atomic mass is 9.76. The van der Waals surface area contributed by atoms with E-state index >= 15 is 0 Å². The highest BCUT2D eigenvalue weighted by Crippen LogP contribution is 2.48. The van der Waals surface area contributed by atoms with Gasteiger partial charge in [-0.2, -0.15) is 4.98 Å². The van der Waals surface area contributed by atoms with Gasteiger partial charge in [0.25, 0.3) is 11.8 Å². The second-order valence-corrected chi connectivity index (χ2v) is 8.92. The van der Waals surface area contributed by atoms with Crippen LogP contribution in [0.2, 0.25) is 0 Å². The molecule has 1 aromatic carbocycles. The number of aryl methyl sites for hydroxylation is 1. The number of likely N-dealkylation sites (tertiary alicyclic amines) is 2. The number of nitrogens with zero attached hydrogens (tertiary/aromatic N) is 5. The molecule has 1 atom stereocenters. The van der Waals surface area contributed by atoms with Crippen LogP contribution in [0.1, 0.15) is 47.2 Å². The van der Waals surface area contributed by atoms with Gasteiger partial charge < -0.3 is 9.42 Å². The van der Waals surface area contributed by atoms with Crippen LogP contribution in [0.25, 0.3) is 11.5 Å². The number of aromatic nitrogens is 3. The molecule has 7 nitrogen and oxygen atoms in total. The monoisotopic (exact) mass is 417 g/mol. The van der Waals surface area contributed by atoms with E-state index in [1.165, 1.54) is 0 Å². The molecule has 1 amide bonds. The minimum atomic E-state index is 0.0431. The van der Waals surface area contributed by atoms with Gasteiger partial charge in [-0.05, 0) is 62.4 Å². The smallest absolute Gasteiger partial charge is 0.272 e. The van der Waals surface area contributed by atoms with Gasteiger partial charge in [-0.15, -0.1) is 0 Å². The second kappa shape index (κ2) is 7.89. The molecule has 0 aliphatic carbocycles. The molecule has 4 heterocycles. The highest BCUT2D eigenvalue weighted by molar-refractivity contribution is 5.93. The molecule has 5 rings (SSSR count). The predicted octanol–water partition coefficient (Wildman–Crippen LogP) is 3.74. The first-order valence-corrected chi connectivity index (χ1v) is 10.8. The van der Waals surface area contributed by atoms with E-state index in [4.69, 9.17) is 9.51 Å². The number of hydrogen-bond acceptors (Lipinski definition) is 6. The molecule has 31 heavy (non-hydrogen) atoms. The van der Waals surface area contributed by atoms with Gasteiger partial charge in [-0.1, -0.05) is 29.4 Å². The first-order valence-electron chi connectivity index (χ1n) is 10.8. The minimum absolute atomic E-state index is 0.0431. The zero-order valence-electron chi connectivity index (χ0n) is 18.0. The van der Waals surface area contributed by atoms with E-state index < -0.39 is 0 Å². The molecule has 0 radical (unpaired) electrons. The van der Waals surface area contributed by atoms with Crippen LogP contribution >= 0.6 is 0 Å². The van der Waals surface area contributed by atoms with Crippen molar-refractivity contribution in [2.24, 2.45) is 5.41 Å². The largest absolute Gasteiger partial charge is 0.337 e. The summed E-state index contributed by atoms with van der Waals surface area (Å²) in [4.78, 5) is 26.2. The number of rotatable bonds is 3. The number of piperidine rings is 1. The van der Waals surface area contributed by atoms with Crippen LogP contribution in [0.15, 0.2) is 53.2 Å². The summed E-state index contributed by atoms with van der Waals surface area (Å²) in [5.74, 6) is 1.36. The molecule has 1 unspecified atom stereocenters. The van der Waals surface area contributed by atoms with Crippen LogP contribution in [0.4, 0.5) is 0 Å². The van der Waals surface area contributed by atoms with E-state index in [-0.39, 0.29) is 17.4 Å². The molecule has 0 bridgehead atoms.